The fourth-order valence-electron chi connectivity index (χ4n) is 6.75. The average molecular weight is 409 g/mol. The molecule has 0 aromatic heterocycles. The van der Waals surface area contributed by atoms with E-state index in [-0.39, 0.29) is 24.1 Å². The van der Waals surface area contributed by atoms with Crippen LogP contribution < -0.4 is 10.6 Å². The number of nitrogens with zero attached hydrogens (tertiary/aromatic N) is 2. The van der Waals surface area contributed by atoms with Crippen molar-refractivity contribution < 1.29 is 14.4 Å². The second-order valence-corrected chi connectivity index (χ2v) is 9.58. The van der Waals surface area contributed by atoms with E-state index in [4.69, 9.17) is 0 Å². The van der Waals surface area contributed by atoms with E-state index in [2.05, 4.69) is 21.6 Å². The van der Waals surface area contributed by atoms with E-state index in [0.29, 0.717) is 31.1 Å². The SMILES string of the molecule is O=C1CCC(N2Cc3cccc(CN4CCCC5C6CCC(N6)C54)c3C2=O)C(=O)N1. The number of piperidine rings is 2. The normalized spacial score (nSPS) is 35.5. The molecule has 7 heteroatoms. The predicted molar refractivity (Wildman–Crippen MR) is 109 cm³/mol. The number of nitrogens with one attached hydrogen (secondary N) is 2. The van der Waals surface area contributed by atoms with Crippen molar-refractivity contribution >= 4 is 17.7 Å². The first kappa shape index (κ1) is 18.5. The van der Waals surface area contributed by atoms with Crippen LogP contribution in [0.4, 0.5) is 0 Å². The number of benzene rings is 1. The molecule has 30 heavy (non-hydrogen) atoms. The molecule has 158 valence electrons. The average Bonchev–Trinajstić information content (AvgIpc) is 3.43. The maximum absolute atomic E-state index is 13.4. The van der Waals surface area contributed by atoms with Gasteiger partial charge in [0.2, 0.25) is 11.8 Å². The molecule has 5 atom stereocenters. The monoisotopic (exact) mass is 408 g/mol. The zero-order valence-electron chi connectivity index (χ0n) is 17.1. The molecule has 6 rings (SSSR count). The smallest absolute Gasteiger partial charge is 0.255 e. The Kier molecular flexibility index (Phi) is 4.25. The van der Waals surface area contributed by atoms with Crippen LogP contribution in [-0.2, 0) is 22.7 Å². The van der Waals surface area contributed by atoms with Gasteiger partial charge in [0, 0.05) is 43.2 Å². The number of hydrogen-bond acceptors (Lipinski definition) is 5. The Morgan fingerprint density at radius 2 is 1.90 bits per heavy atom. The summed E-state index contributed by atoms with van der Waals surface area (Å²) in [6, 6.07) is 7.41. The fourth-order valence-corrected chi connectivity index (χ4v) is 6.75. The minimum absolute atomic E-state index is 0.0604. The van der Waals surface area contributed by atoms with E-state index in [1.54, 1.807) is 4.90 Å². The number of likely N-dealkylation sites (tertiary alicyclic amines) is 1. The first-order valence-corrected chi connectivity index (χ1v) is 11.4. The summed E-state index contributed by atoms with van der Waals surface area (Å²) in [5, 5.41) is 6.20. The Labute approximate surface area is 176 Å². The minimum atomic E-state index is -0.551. The molecule has 5 heterocycles. The topological polar surface area (TPSA) is 81.8 Å². The van der Waals surface area contributed by atoms with E-state index in [1.165, 1.54) is 25.7 Å². The summed E-state index contributed by atoms with van der Waals surface area (Å²) < 4.78 is 0. The highest BCUT2D eigenvalue weighted by Gasteiger charge is 2.51. The van der Waals surface area contributed by atoms with E-state index in [9.17, 15) is 14.4 Å². The van der Waals surface area contributed by atoms with Gasteiger partial charge < -0.3 is 10.2 Å². The number of imide groups is 1. The molecule has 5 aliphatic heterocycles. The molecule has 1 aromatic rings. The zero-order chi connectivity index (χ0) is 20.4. The lowest BCUT2D eigenvalue weighted by Gasteiger charge is -2.43. The summed E-state index contributed by atoms with van der Waals surface area (Å²) in [5.74, 6) is 0.0840. The molecule has 4 fully saturated rings. The summed E-state index contributed by atoms with van der Waals surface area (Å²) in [7, 11) is 0. The van der Waals surface area contributed by atoms with Crippen molar-refractivity contribution in [3.63, 3.8) is 0 Å². The van der Waals surface area contributed by atoms with Crippen LogP contribution in [0.1, 0.15) is 60.0 Å². The number of hydrogen-bond donors (Lipinski definition) is 2. The Morgan fingerprint density at radius 1 is 1.03 bits per heavy atom. The molecule has 3 amide bonds. The Balaban J connectivity index is 1.25. The maximum Gasteiger partial charge on any atom is 0.255 e. The lowest BCUT2D eigenvalue weighted by Crippen LogP contribution is -2.52. The van der Waals surface area contributed by atoms with Gasteiger partial charge in [-0.25, -0.2) is 0 Å². The zero-order valence-corrected chi connectivity index (χ0v) is 17.1. The molecule has 4 saturated heterocycles. The van der Waals surface area contributed by atoms with Gasteiger partial charge in [0.05, 0.1) is 0 Å². The largest absolute Gasteiger partial charge is 0.322 e. The molecule has 0 radical (unpaired) electrons. The van der Waals surface area contributed by atoms with E-state index in [0.717, 1.165) is 35.7 Å². The number of fused-ring (bicyclic) bond motifs is 6. The van der Waals surface area contributed by atoms with Crippen LogP contribution in [0.15, 0.2) is 18.2 Å². The van der Waals surface area contributed by atoms with E-state index >= 15 is 0 Å². The Bertz CT molecular complexity index is 931. The highest BCUT2D eigenvalue weighted by atomic mass is 16.2. The molecule has 2 bridgehead atoms. The van der Waals surface area contributed by atoms with Crippen LogP contribution in [0.5, 0.6) is 0 Å². The minimum Gasteiger partial charge on any atom is -0.322 e. The molecule has 5 unspecified atom stereocenters. The molecule has 1 aromatic carbocycles. The summed E-state index contributed by atoms with van der Waals surface area (Å²) in [5.41, 5.74) is 2.86. The van der Waals surface area contributed by atoms with E-state index in [1.807, 2.05) is 12.1 Å². The molecule has 0 saturated carbocycles. The third kappa shape index (κ3) is 2.75. The molecule has 2 N–H and O–H groups in total. The standard InChI is InChI=1S/C23H28N4O3/c28-19-9-8-18(22(29)25-19)27-12-14-4-1-3-13(20(14)23(27)30)11-26-10-2-5-15-16-6-7-17(24-16)21(15)26/h1,3-4,15-18,21,24H,2,5-12H2,(H,25,28,29). The summed E-state index contributed by atoms with van der Waals surface area (Å²) in [6.07, 6.45) is 5.79. The third-order valence-electron chi connectivity index (χ3n) is 8.00. The molecular formula is C23H28N4O3. The van der Waals surface area contributed by atoms with Crippen LogP contribution in [0, 0.1) is 5.92 Å². The van der Waals surface area contributed by atoms with Gasteiger partial charge in [-0.1, -0.05) is 18.2 Å². The lowest BCUT2D eigenvalue weighted by atomic mass is 9.78. The summed E-state index contributed by atoms with van der Waals surface area (Å²) in [4.78, 5) is 41.5. The van der Waals surface area contributed by atoms with Crippen LogP contribution in [0.2, 0.25) is 0 Å². The van der Waals surface area contributed by atoms with Gasteiger partial charge in [-0.05, 0) is 55.7 Å². The van der Waals surface area contributed by atoms with Crippen molar-refractivity contribution in [3.05, 3.63) is 34.9 Å². The Morgan fingerprint density at radius 3 is 2.77 bits per heavy atom. The van der Waals surface area contributed by atoms with Crippen molar-refractivity contribution in [1.82, 2.24) is 20.4 Å². The number of carbonyl (C=O) groups is 3. The van der Waals surface area contributed by atoms with Gasteiger partial charge >= 0.3 is 0 Å². The van der Waals surface area contributed by atoms with Crippen LogP contribution in [-0.4, -0.2) is 58.2 Å². The van der Waals surface area contributed by atoms with Crippen molar-refractivity contribution in [2.75, 3.05) is 6.54 Å². The third-order valence-corrected chi connectivity index (χ3v) is 8.00. The van der Waals surface area contributed by atoms with Gasteiger partial charge in [-0.15, -0.1) is 0 Å². The van der Waals surface area contributed by atoms with Crippen LogP contribution in [0.3, 0.4) is 0 Å². The second kappa shape index (κ2) is 6.89. The van der Waals surface area contributed by atoms with E-state index < -0.39 is 6.04 Å². The van der Waals surface area contributed by atoms with Gasteiger partial charge in [-0.3, -0.25) is 24.6 Å². The number of rotatable bonds is 3. The summed E-state index contributed by atoms with van der Waals surface area (Å²) in [6.45, 7) is 2.33. The fraction of sp³-hybridized carbons (Fsp3) is 0.609. The van der Waals surface area contributed by atoms with Crippen molar-refractivity contribution in [2.24, 2.45) is 5.92 Å². The highest BCUT2D eigenvalue weighted by Crippen LogP contribution is 2.42. The Hall–Kier alpha value is -2.25. The maximum atomic E-state index is 13.4. The quantitative estimate of drug-likeness (QED) is 0.734. The molecular weight excluding hydrogens is 380 g/mol. The van der Waals surface area contributed by atoms with Gasteiger partial charge in [-0.2, -0.15) is 0 Å². The summed E-state index contributed by atoms with van der Waals surface area (Å²) >= 11 is 0. The lowest BCUT2D eigenvalue weighted by molar-refractivity contribution is -0.136. The first-order chi connectivity index (χ1) is 14.6. The molecule has 5 aliphatic rings. The molecule has 0 aliphatic carbocycles. The second-order valence-electron chi connectivity index (χ2n) is 9.58. The van der Waals surface area contributed by atoms with Gasteiger partial charge in [0.25, 0.3) is 5.91 Å². The first-order valence-electron chi connectivity index (χ1n) is 11.4. The number of amides is 3. The van der Waals surface area contributed by atoms with Gasteiger partial charge in [0.1, 0.15) is 6.04 Å². The molecule has 0 spiro atoms. The highest BCUT2D eigenvalue weighted by molar-refractivity contribution is 6.06. The predicted octanol–water partition coefficient (Wildman–Crippen LogP) is 1.16. The van der Waals surface area contributed by atoms with Crippen molar-refractivity contribution in [2.45, 2.75) is 75.8 Å². The van der Waals surface area contributed by atoms with Crippen molar-refractivity contribution in [3.8, 4) is 0 Å². The van der Waals surface area contributed by atoms with Crippen LogP contribution in [0.25, 0.3) is 0 Å². The van der Waals surface area contributed by atoms with Crippen molar-refractivity contribution in [1.29, 1.82) is 0 Å². The van der Waals surface area contributed by atoms with Gasteiger partial charge in [0.15, 0.2) is 0 Å². The van der Waals surface area contributed by atoms with Crippen LogP contribution >= 0.6 is 0 Å². The number of carbonyl (C=O) groups excluding carboxylic acids is 3. The molecule has 7 nitrogen and oxygen atoms in total.